The molecule has 2 aromatic rings. The number of hydrogen-bond acceptors (Lipinski definition) is 4. The van der Waals surface area contributed by atoms with Gasteiger partial charge in [0, 0.05) is 23.5 Å². The van der Waals surface area contributed by atoms with Gasteiger partial charge in [-0.25, -0.2) is 4.98 Å². The van der Waals surface area contributed by atoms with Crippen LogP contribution in [-0.4, -0.2) is 24.8 Å². The van der Waals surface area contributed by atoms with Crippen LogP contribution in [0, 0.1) is 5.92 Å². The van der Waals surface area contributed by atoms with Gasteiger partial charge in [-0.1, -0.05) is 13.8 Å². The second kappa shape index (κ2) is 6.80. The molecular weight excluding hydrogens is 294 g/mol. The van der Waals surface area contributed by atoms with Gasteiger partial charge in [0.05, 0.1) is 23.9 Å². The second-order valence-corrected chi connectivity index (χ2v) is 7.06. The van der Waals surface area contributed by atoms with Crippen molar-refractivity contribution in [2.24, 2.45) is 5.92 Å². The molecule has 0 spiro atoms. The lowest BCUT2D eigenvalue weighted by Crippen LogP contribution is -2.28. The zero-order valence-electron chi connectivity index (χ0n) is 13.4. The quantitative estimate of drug-likeness (QED) is 0.816. The van der Waals surface area contributed by atoms with Crippen molar-refractivity contribution >= 4 is 11.3 Å². The van der Waals surface area contributed by atoms with Crippen LogP contribution in [0.1, 0.15) is 37.6 Å². The van der Waals surface area contributed by atoms with Crippen molar-refractivity contribution < 1.29 is 9.47 Å². The maximum Gasteiger partial charge on any atom is 0.118 e. The first kappa shape index (κ1) is 15.5. The fourth-order valence-corrected chi connectivity index (χ4v) is 3.87. The Bertz CT molecular complexity index is 606. The molecule has 1 aromatic carbocycles. The summed E-state index contributed by atoms with van der Waals surface area (Å²) in [6.45, 7) is 5.32. The van der Waals surface area contributed by atoms with E-state index in [9.17, 15) is 0 Å². The predicted octanol–water partition coefficient (Wildman–Crippen LogP) is 4.74. The molecule has 3 rings (SSSR count). The van der Waals surface area contributed by atoms with Crippen LogP contribution in [0.2, 0.25) is 0 Å². The maximum absolute atomic E-state index is 5.87. The van der Waals surface area contributed by atoms with E-state index in [-0.39, 0.29) is 0 Å². The molecule has 22 heavy (non-hydrogen) atoms. The maximum atomic E-state index is 5.87. The normalized spacial score (nSPS) is 22.0. The lowest BCUT2D eigenvalue weighted by Gasteiger charge is -2.30. The number of aromatic nitrogens is 1. The van der Waals surface area contributed by atoms with E-state index in [1.165, 1.54) is 5.01 Å². The van der Waals surface area contributed by atoms with E-state index in [2.05, 4.69) is 31.4 Å². The fraction of sp³-hybridized carbons (Fsp3) is 0.500. The summed E-state index contributed by atoms with van der Waals surface area (Å²) in [5.74, 6) is 1.99. The summed E-state index contributed by atoms with van der Waals surface area (Å²) < 4.78 is 11.1. The minimum atomic E-state index is 0.368. The minimum absolute atomic E-state index is 0.368. The van der Waals surface area contributed by atoms with Crippen LogP contribution in [0.25, 0.3) is 11.3 Å². The van der Waals surface area contributed by atoms with Gasteiger partial charge in [0.2, 0.25) is 0 Å². The molecule has 118 valence electrons. The predicted molar refractivity (Wildman–Crippen MR) is 90.7 cm³/mol. The van der Waals surface area contributed by atoms with Crippen molar-refractivity contribution in [2.75, 3.05) is 13.7 Å². The van der Waals surface area contributed by atoms with Crippen molar-refractivity contribution in [1.29, 1.82) is 0 Å². The van der Waals surface area contributed by atoms with Gasteiger partial charge in [0.25, 0.3) is 0 Å². The first-order chi connectivity index (χ1) is 10.7. The van der Waals surface area contributed by atoms with E-state index >= 15 is 0 Å². The second-order valence-electron chi connectivity index (χ2n) is 6.17. The van der Waals surface area contributed by atoms with E-state index in [0.717, 1.165) is 36.5 Å². The molecule has 0 aliphatic carbocycles. The SMILES string of the molecule is COc1ccc(-c2csc([C@@H]3CCO[C@@H](C(C)C)C3)n2)cc1. The molecule has 0 N–H and O–H groups in total. The van der Waals surface area contributed by atoms with Crippen molar-refractivity contribution in [3.8, 4) is 17.0 Å². The third-order valence-corrected chi connectivity index (χ3v) is 5.32. The van der Waals surface area contributed by atoms with Crippen LogP contribution in [-0.2, 0) is 4.74 Å². The number of ether oxygens (including phenoxy) is 2. The van der Waals surface area contributed by atoms with E-state index in [0.29, 0.717) is 17.9 Å². The molecular formula is C18H23NO2S. The van der Waals surface area contributed by atoms with Crippen molar-refractivity contribution in [2.45, 2.75) is 38.7 Å². The summed E-state index contributed by atoms with van der Waals surface area (Å²) >= 11 is 1.78. The molecule has 3 nitrogen and oxygen atoms in total. The van der Waals surface area contributed by atoms with Crippen LogP contribution >= 0.6 is 11.3 Å². The van der Waals surface area contributed by atoms with Gasteiger partial charge in [-0.05, 0) is 43.0 Å². The van der Waals surface area contributed by atoms with Gasteiger partial charge in [0.15, 0.2) is 0 Å². The summed E-state index contributed by atoms with van der Waals surface area (Å²) in [5.41, 5.74) is 2.21. The summed E-state index contributed by atoms with van der Waals surface area (Å²) in [7, 11) is 1.69. The van der Waals surface area contributed by atoms with Crippen LogP contribution in [0.3, 0.4) is 0 Å². The van der Waals surface area contributed by atoms with Gasteiger partial charge in [-0.2, -0.15) is 0 Å². The van der Waals surface area contributed by atoms with E-state index in [4.69, 9.17) is 14.5 Å². The Morgan fingerprint density at radius 3 is 2.73 bits per heavy atom. The van der Waals surface area contributed by atoms with E-state index in [1.54, 1.807) is 18.4 Å². The molecule has 1 aliphatic heterocycles. The third-order valence-electron chi connectivity index (χ3n) is 4.32. The zero-order valence-corrected chi connectivity index (χ0v) is 14.2. The standard InChI is InChI=1S/C18H23NO2S/c1-12(2)17-10-14(8-9-21-17)18-19-16(11-22-18)13-4-6-15(20-3)7-5-13/h4-7,11-12,14,17H,8-10H2,1-3H3/t14-,17-/m1/s1. The molecule has 4 heteroatoms. The summed E-state index contributed by atoms with van der Waals surface area (Å²) in [6.07, 6.45) is 2.54. The average Bonchev–Trinajstić information content (AvgIpc) is 3.05. The third kappa shape index (κ3) is 3.33. The largest absolute Gasteiger partial charge is 0.497 e. The summed E-state index contributed by atoms with van der Waals surface area (Å²) in [6, 6.07) is 8.10. The molecule has 1 fully saturated rings. The van der Waals surface area contributed by atoms with Crippen LogP contribution in [0.15, 0.2) is 29.6 Å². The van der Waals surface area contributed by atoms with Crippen LogP contribution in [0.4, 0.5) is 0 Å². The molecule has 1 aliphatic rings. The number of nitrogens with zero attached hydrogens (tertiary/aromatic N) is 1. The van der Waals surface area contributed by atoms with Crippen LogP contribution in [0.5, 0.6) is 5.75 Å². The van der Waals surface area contributed by atoms with Gasteiger partial charge in [-0.3, -0.25) is 0 Å². The number of thiazole rings is 1. The highest BCUT2D eigenvalue weighted by molar-refractivity contribution is 7.10. The Morgan fingerprint density at radius 1 is 1.27 bits per heavy atom. The molecule has 0 radical (unpaired) electrons. The average molecular weight is 317 g/mol. The first-order valence-electron chi connectivity index (χ1n) is 7.89. The highest BCUT2D eigenvalue weighted by Crippen LogP contribution is 2.36. The van der Waals surface area contributed by atoms with Gasteiger partial charge >= 0.3 is 0 Å². The Labute approximate surface area is 136 Å². The van der Waals surface area contributed by atoms with E-state index in [1.807, 2.05) is 12.1 Å². The first-order valence-corrected chi connectivity index (χ1v) is 8.76. The monoisotopic (exact) mass is 317 g/mol. The van der Waals surface area contributed by atoms with Gasteiger partial charge in [-0.15, -0.1) is 11.3 Å². The van der Waals surface area contributed by atoms with Crippen molar-refractivity contribution in [3.63, 3.8) is 0 Å². The van der Waals surface area contributed by atoms with Gasteiger partial charge in [0.1, 0.15) is 5.75 Å². The molecule has 1 saturated heterocycles. The molecule has 1 aromatic heterocycles. The fourth-order valence-electron chi connectivity index (χ4n) is 2.89. The number of methoxy groups -OCH3 is 1. The van der Waals surface area contributed by atoms with Crippen molar-refractivity contribution in [1.82, 2.24) is 4.98 Å². The zero-order chi connectivity index (χ0) is 15.5. The van der Waals surface area contributed by atoms with Crippen molar-refractivity contribution in [3.05, 3.63) is 34.7 Å². The summed E-state index contributed by atoms with van der Waals surface area (Å²) in [4.78, 5) is 4.88. The molecule has 2 atom stereocenters. The lowest BCUT2D eigenvalue weighted by atomic mass is 9.91. The minimum Gasteiger partial charge on any atom is -0.497 e. The van der Waals surface area contributed by atoms with Gasteiger partial charge < -0.3 is 9.47 Å². The Hall–Kier alpha value is -1.39. The Morgan fingerprint density at radius 2 is 2.05 bits per heavy atom. The molecule has 2 heterocycles. The topological polar surface area (TPSA) is 31.4 Å². The Balaban J connectivity index is 1.75. The number of rotatable bonds is 4. The van der Waals surface area contributed by atoms with Crippen LogP contribution < -0.4 is 4.74 Å². The van der Waals surface area contributed by atoms with E-state index < -0.39 is 0 Å². The summed E-state index contributed by atoms with van der Waals surface area (Å²) in [5, 5.41) is 3.41. The highest BCUT2D eigenvalue weighted by Gasteiger charge is 2.27. The number of hydrogen-bond donors (Lipinski definition) is 0. The molecule has 0 saturated carbocycles. The molecule has 0 amide bonds. The molecule has 0 unspecified atom stereocenters. The lowest BCUT2D eigenvalue weighted by molar-refractivity contribution is -0.0201. The highest BCUT2D eigenvalue weighted by atomic mass is 32.1. The smallest absolute Gasteiger partial charge is 0.118 e. The Kier molecular flexibility index (Phi) is 4.79. The molecule has 0 bridgehead atoms. The number of benzene rings is 1.